The zero-order valence-corrected chi connectivity index (χ0v) is 40.9. The van der Waals surface area contributed by atoms with Gasteiger partial charge in [-0.15, -0.1) is 0 Å². The van der Waals surface area contributed by atoms with Gasteiger partial charge in [0.25, 0.3) is 11.8 Å². The topological polar surface area (TPSA) is 232 Å². The molecule has 2 aliphatic rings. The van der Waals surface area contributed by atoms with Crippen LogP contribution in [0.5, 0.6) is 5.75 Å². The van der Waals surface area contributed by atoms with E-state index in [1.54, 1.807) is 36.4 Å². The third-order valence-corrected chi connectivity index (χ3v) is 12.5. The first-order chi connectivity index (χ1) is 35.2. The Kier molecular flexibility index (Phi) is 18.8. The van der Waals surface area contributed by atoms with Crippen LogP contribution in [-0.4, -0.2) is 131 Å². The van der Waals surface area contributed by atoms with Crippen LogP contribution in [-0.2, 0) is 41.6 Å². The van der Waals surface area contributed by atoms with Gasteiger partial charge in [0.05, 0.1) is 75.1 Å². The summed E-state index contributed by atoms with van der Waals surface area (Å²) in [4.78, 5) is 77.1. The maximum absolute atomic E-state index is 14.7. The van der Waals surface area contributed by atoms with Crippen molar-refractivity contribution >= 4 is 41.1 Å². The molecule has 5 N–H and O–H groups in total. The average Bonchev–Trinajstić information content (AvgIpc) is 3.84. The van der Waals surface area contributed by atoms with Crippen molar-refractivity contribution in [1.29, 1.82) is 0 Å². The van der Waals surface area contributed by atoms with E-state index in [0.717, 1.165) is 21.7 Å². The number of carboxylic acids is 1. The molecule has 3 heterocycles. The number of ketones is 1. The van der Waals surface area contributed by atoms with Gasteiger partial charge >= 0.3 is 5.97 Å². The molecule has 17 nitrogen and oxygen atoms in total. The molecule has 2 aliphatic heterocycles. The molecule has 3 atom stereocenters. The van der Waals surface area contributed by atoms with Crippen molar-refractivity contribution in [3.05, 3.63) is 131 Å². The van der Waals surface area contributed by atoms with E-state index in [1.165, 1.54) is 18.2 Å². The number of piperidine rings is 1. The number of nitrogens with one attached hydrogen (secondary N) is 2. The van der Waals surface area contributed by atoms with E-state index in [1.807, 2.05) is 60.9 Å². The van der Waals surface area contributed by atoms with Crippen molar-refractivity contribution in [2.24, 2.45) is 0 Å². The number of aliphatic hydroxyl groups is 2. The highest BCUT2D eigenvalue weighted by atomic mass is 19.1. The number of hydrogen-bond acceptors (Lipinski definition) is 13. The Morgan fingerprint density at radius 3 is 2.10 bits per heavy atom. The van der Waals surface area contributed by atoms with E-state index in [0.29, 0.717) is 80.0 Å². The molecule has 73 heavy (non-hydrogen) atoms. The van der Waals surface area contributed by atoms with E-state index in [4.69, 9.17) is 24.1 Å². The molecule has 386 valence electrons. The van der Waals surface area contributed by atoms with Crippen LogP contribution in [0.2, 0.25) is 0 Å². The summed E-state index contributed by atoms with van der Waals surface area (Å²) in [6.07, 6.45) is -2.53. The minimum absolute atomic E-state index is 0.0408. The molecule has 1 aromatic heterocycles. The van der Waals surface area contributed by atoms with Gasteiger partial charge in [0, 0.05) is 48.4 Å². The first-order valence-corrected chi connectivity index (χ1v) is 24.4. The monoisotopic (exact) mass is 1000 g/mol. The van der Waals surface area contributed by atoms with Crippen LogP contribution in [0.4, 0.5) is 10.1 Å². The summed E-state index contributed by atoms with van der Waals surface area (Å²) >= 11 is 0. The Bertz CT molecular complexity index is 2740. The summed E-state index contributed by atoms with van der Waals surface area (Å²) in [5.74, 6) is -3.55. The Morgan fingerprint density at radius 2 is 1.44 bits per heavy atom. The number of amides is 4. The van der Waals surface area contributed by atoms with Gasteiger partial charge in [-0.2, -0.15) is 0 Å². The standard InChI is InChI=1S/C55H61FN4O13/c1-34(2)51-50(48(36-7-4-3-5-8-36)52(37-13-15-38(56)16-14-37)59(51)23-21-39(61)32-40(62)33-47(65)66)45(63)31-35-11-17-41(18-12-35)73-30-29-72-28-27-71-26-25-70-24-22-57-43-10-6-9-42-49(43)55(69)60(54(42)68)44-19-20-46(64)58-53(44)67/h3-18,34,39-40,44,57,61-62H,19-33H2,1-2H3,(H,65,66)(H,58,64,67)/t39-,40-,44?/m1/s1. The number of fused-ring (bicyclic) bond motifs is 1. The number of imide groups is 2. The molecule has 4 amide bonds. The van der Waals surface area contributed by atoms with Gasteiger partial charge in [-0.25, -0.2) is 4.39 Å². The quantitative estimate of drug-likeness (QED) is 0.0207. The molecule has 0 spiro atoms. The number of aliphatic carboxylic acids is 1. The van der Waals surface area contributed by atoms with Gasteiger partial charge in [0.15, 0.2) is 5.78 Å². The molecule has 1 unspecified atom stereocenters. The molecule has 18 heteroatoms. The number of hydrogen-bond donors (Lipinski definition) is 5. The average molecular weight is 1010 g/mol. The largest absolute Gasteiger partial charge is 0.491 e. The minimum Gasteiger partial charge on any atom is -0.491 e. The van der Waals surface area contributed by atoms with E-state index < -0.39 is 60.1 Å². The van der Waals surface area contributed by atoms with Crippen molar-refractivity contribution in [1.82, 2.24) is 14.8 Å². The van der Waals surface area contributed by atoms with Crippen LogP contribution < -0.4 is 15.4 Å². The predicted molar refractivity (Wildman–Crippen MR) is 267 cm³/mol. The predicted octanol–water partition coefficient (Wildman–Crippen LogP) is 6.43. The van der Waals surface area contributed by atoms with Crippen molar-refractivity contribution < 1.29 is 67.4 Å². The number of carbonyl (C=O) groups is 6. The number of aliphatic hydroxyl groups excluding tert-OH is 2. The van der Waals surface area contributed by atoms with Crippen molar-refractivity contribution in [2.75, 3.05) is 58.1 Å². The van der Waals surface area contributed by atoms with Gasteiger partial charge in [-0.05, 0) is 90.4 Å². The fourth-order valence-corrected chi connectivity index (χ4v) is 9.20. The molecule has 0 radical (unpaired) electrons. The van der Waals surface area contributed by atoms with Crippen LogP contribution in [0, 0.1) is 5.82 Å². The number of benzene rings is 4. The van der Waals surface area contributed by atoms with Crippen LogP contribution >= 0.6 is 0 Å². The van der Waals surface area contributed by atoms with E-state index >= 15 is 0 Å². The maximum atomic E-state index is 14.7. The molecule has 0 bridgehead atoms. The molecule has 1 fully saturated rings. The van der Waals surface area contributed by atoms with Crippen LogP contribution in [0.25, 0.3) is 22.4 Å². The van der Waals surface area contributed by atoms with E-state index in [9.17, 15) is 43.4 Å². The summed E-state index contributed by atoms with van der Waals surface area (Å²) in [6.45, 7) is 6.73. The third kappa shape index (κ3) is 13.7. The maximum Gasteiger partial charge on any atom is 0.305 e. The normalized spacial score (nSPS) is 15.4. The number of Topliss-reactive ketones (excluding diaryl/α,β-unsaturated/α-hetero) is 1. The first-order valence-electron chi connectivity index (χ1n) is 24.4. The lowest BCUT2D eigenvalue weighted by molar-refractivity contribution is -0.140. The number of anilines is 1. The Hall–Kier alpha value is -7.09. The number of aromatic nitrogens is 1. The van der Waals surface area contributed by atoms with Gasteiger partial charge in [0.1, 0.15) is 24.2 Å². The number of nitrogens with zero attached hydrogens (tertiary/aromatic N) is 2. The zero-order chi connectivity index (χ0) is 52.0. The molecule has 0 aliphatic carbocycles. The van der Waals surface area contributed by atoms with Gasteiger partial charge in [0.2, 0.25) is 11.8 Å². The molecule has 1 saturated heterocycles. The highest BCUT2D eigenvalue weighted by molar-refractivity contribution is 6.25. The lowest BCUT2D eigenvalue weighted by Gasteiger charge is -2.27. The summed E-state index contributed by atoms with van der Waals surface area (Å²) < 4.78 is 39.1. The van der Waals surface area contributed by atoms with Crippen molar-refractivity contribution in [3.8, 4) is 28.1 Å². The molecule has 7 rings (SSSR count). The SMILES string of the molecule is CC(C)c1c(C(=O)Cc2ccc(OCCOCCOCCOCCNc3cccc4c3C(=O)N(C3CCC(=O)NC3=O)C4=O)cc2)c(-c2ccccc2)c(-c2ccc(F)cc2)n1CC[C@@H](O)C[C@@H](O)CC(=O)O. The molecular formula is C55H61FN4O13. The first kappa shape index (κ1) is 53.7. The summed E-state index contributed by atoms with van der Waals surface area (Å²) in [5, 5.41) is 35.6. The zero-order valence-electron chi connectivity index (χ0n) is 40.9. The summed E-state index contributed by atoms with van der Waals surface area (Å²) in [6, 6.07) is 26.6. The molecule has 4 aromatic carbocycles. The lowest BCUT2D eigenvalue weighted by Crippen LogP contribution is -2.54. The Morgan fingerprint density at radius 1 is 0.767 bits per heavy atom. The number of carbonyl (C=O) groups excluding carboxylic acids is 5. The Labute approximate surface area is 422 Å². The second kappa shape index (κ2) is 25.5. The lowest BCUT2D eigenvalue weighted by atomic mass is 9.90. The third-order valence-electron chi connectivity index (χ3n) is 12.5. The minimum atomic E-state index is -1.23. The summed E-state index contributed by atoms with van der Waals surface area (Å²) in [7, 11) is 0. The van der Waals surface area contributed by atoms with Crippen LogP contribution in [0.1, 0.15) is 94.2 Å². The van der Waals surface area contributed by atoms with E-state index in [2.05, 4.69) is 10.6 Å². The van der Waals surface area contributed by atoms with Gasteiger partial charge < -0.3 is 44.2 Å². The highest BCUT2D eigenvalue weighted by Gasteiger charge is 2.45. The second-order valence-corrected chi connectivity index (χ2v) is 18.1. The molecule has 5 aromatic rings. The number of ether oxygens (including phenoxy) is 4. The number of carboxylic acid groups (broad SMARTS) is 1. The Balaban J connectivity index is 0.861. The fourth-order valence-electron chi connectivity index (χ4n) is 9.20. The fraction of sp³-hybridized carbons (Fsp3) is 0.382. The van der Waals surface area contributed by atoms with E-state index in [-0.39, 0.29) is 68.1 Å². The van der Waals surface area contributed by atoms with Crippen molar-refractivity contribution in [3.63, 3.8) is 0 Å². The van der Waals surface area contributed by atoms with Gasteiger partial charge in [-0.3, -0.25) is 39.0 Å². The molecular weight excluding hydrogens is 944 g/mol. The molecule has 0 saturated carbocycles. The van der Waals surface area contributed by atoms with Crippen LogP contribution in [0.3, 0.4) is 0 Å². The second-order valence-electron chi connectivity index (χ2n) is 18.1. The van der Waals surface area contributed by atoms with Gasteiger partial charge in [-0.1, -0.05) is 62.4 Å². The highest BCUT2D eigenvalue weighted by Crippen LogP contribution is 2.43. The smallest absolute Gasteiger partial charge is 0.305 e. The summed E-state index contributed by atoms with van der Waals surface area (Å²) in [5.41, 5.74) is 5.65. The number of rotatable bonds is 28. The van der Waals surface area contributed by atoms with Crippen LogP contribution in [0.15, 0.2) is 97.1 Å². The number of halogens is 1. The van der Waals surface area contributed by atoms with Crippen molar-refractivity contribution in [2.45, 2.75) is 83.1 Å².